The van der Waals surface area contributed by atoms with Crippen LogP contribution in [0.2, 0.25) is 0 Å². The second kappa shape index (κ2) is 6.43. The molecule has 66 valence electrons. The van der Waals surface area contributed by atoms with Crippen LogP contribution >= 0.6 is 11.6 Å². The fourth-order valence-electron chi connectivity index (χ4n) is 0.774. The van der Waals surface area contributed by atoms with Crippen molar-refractivity contribution >= 4 is 17.6 Å². The predicted molar refractivity (Wildman–Crippen MR) is 42.5 cm³/mol. The predicted octanol–water partition coefficient (Wildman–Crippen LogP) is 0.787. The fraction of sp³-hybridized carbons (Fsp3) is 0.857. The molecule has 0 saturated heterocycles. The van der Waals surface area contributed by atoms with Gasteiger partial charge in [-0.15, -0.1) is 11.6 Å². The second-order valence-corrected chi connectivity index (χ2v) is 2.61. The number of alkyl halides is 1. The van der Waals surface area contributed by atoms with E-state index in [2.05, 4.69) is 4.74 Å². The van der Waals surface area contributed by atoms with Crippen molar-refractivity contribution in [3.05, 3.63) is 0 Å². The minimum absolute atomic E-state index is 0.163. The van der Waals surface area contributed by atoms with Crippen molar-refractivity contribution in [2.24, 2.45) is 5.92 Å². The lowest BCUT2D eigenvalue weighted by Crippen LogP contribution is -2.19. The van der Waals surface area contributed by atoms with E-state index in [9.17, 15) is 4.79 Å². The Morgan fingerprint density at radius 3 is 2.73 bits per heavy atom. The SMILES string of the molecule is COC(=O)C(CO)CCCCl. The molecule has 0 aliphatic heterocycles. The van der Waals surface area contributed by atoms with Crippen molar-refractivity contribution in [2.75, 3.05) is 19.6 Å². The molecule has 0 aromatic heterocycles. The molecule has 0 spiro atoms. The van der Waals surface area contributed by atoms with Gasteiger partial charge in [0.15, 0.2) is 0 Å². The van der Waals surface area contributed by atoms with E-state index < -0.39 is 5.92 Å². The molecule has 0 rings (SSSR count). The Bertz CT molecular complexity index is 116. The van der Waals surface area contributed by atoms with E-state index in [1.807, 2.05) is 0 Å². The van der Waals surface area contributed by atoms with Gasteiger partial charge in [0.1, 0.15) is 0 Å². The molecule has 3 nitrogen and oxygen atoms in total. The highest BCUT2D eigenvalue weighted by molar-refractivity contribution is 6.17. The Balaban J connectivity index is 3.65. The molecule has 0 fully saturated rings. The minimum atomic E-state index is -0.404. The van der Waals surface area contributed by atoms with Gasteiger partial charge in [-0.05, 0) is 12.8 Å². The summed E-state index contributed by atoms with van der Waals surface area (Å²) in [5.41, 5.74) is 0. The maximum atomic E-state index is 10.8. The van der Waals surface area contributed by atoms with E-state index in [1.165, 1.54) is 7.11 Å². The second-order valence-electron chi connectivity index (χ2n) is 2.23. The highest BCUT2D eigenvalue weighted by atomic mass is 35.5. The van der Waals surface area contributed by atoms with Crippen LogP contribution in [0.5, 0.6) is 0 Å². The first-order chi connectivity index (χ1) is 5.26. The number of esters is 1. The zero-order valence-corrected chi connectivity index (χ0v) is 7.30. The standard InChI is InChI=1S/C7H13ClO3/c1-11-7(10)6(5-9)3-2-4-8/h6,9H,2-5H2,1H3. The van der Waals surface area contributed by atoms with E-state index in [0.29, 0.717) is 12.3 Å². The van der Waals surface area contributed by atoms with Crippen LogP contribution in [0.15, 0.2) is 0 Å². The quantitative estimate of drug-likeness (QED) is 0.503. The number of methoxy groups -OCH3 is 1. The normalized spacial score (nSPS) is 12.6. The summed E-state index contributed by atoms with van der Waals surface area (Å²) in [6.07, 6.45) is 1.31. The summed E-state index contributed by atoms with van der Waals surface area (Å²) < 4.78 is 4.46. The third-order valence-corrected chi connectivity index (χ3v) is 1.71. The summed E-state index contributed by atoms with van der Waals surface area (Å²) in [5, 5.41) is 8.71. The van der Waals surface area contributed by atoms with Crippen molar-refractivity contribution in [1.29, 1.82) is 0 Å². The molecule has 0 radical (unpaired) electrons. The van der Waals surface area contributed by atoms with Crippen LogP contribution < -0.4 is 0 Å². The van der Waals surface area contributed by atoms with Gasteiger partial charge in [0.2, 0.25) is 0 Å². The molecule has 1 N–H and O–H groups in total. The summed E-state index contributed by atoms with van der Waals surface area (Å²) in [4.78, 5) is 10.8. The summed E-state index contributed by atoms with van der Waals surface area (Å²) in [6.45, 7) is -0.163. The van der Waals surface area contributed by atoms with E-state index in [0.717, 1.165) is 6.42 Å². The molecular weight excluding hydrogens is 168 g/mol. The van der Waals surface area contributed by atoms with Gasteiger partial charge in [-0.3, -0.25) is 4.79 Å². The van der Waals surface area contributed by atoms with Crippen LogP contribution in [0.1, 0.15) is 12.8 Å². The van der Waals surface area contributed by atoms with Gasteiger partial charge in [0, 0.05) is 5.88 Å². The number of halogens is 1. The molecule has 0 bridgehead atoms. The third-order valence-electron chi connectivity index (χ3n) is 1.44. The Morgan fingerprint density at radius 1 is 1.73 bits per heavy atom. The minimum Gasteiger partial charge on any atom is -0.469 e. The van der Waals surface area contributed by atoms with Gasteiger partial charge in [0.05, 0.1) is 19.6 Å². The molecule has 0 aliphatic rings. The molecule has 0 amide bonds. The Hall–Kier alpha value is -0.280. The summed E-state index contributed by atoms with van der Waals surface area (Å²) >= 11 is 5.42. The number of hydrogen-bond acceptors (Lipinski definition) is 3. The average molecular weight is 181 g/mol. The van der Waals surface area contributed by atoms with Gasteiger partial charge >= 0.3 is 5.97 Å². The maximum absolute atomic E-state index is 10.8. The highest BCUT2D eigenvalue weighted by Gasteiger charge is 2.16. The average Bonchev–Trinajstić information content (AvgIpc) is 2.05. The lowest BCUT2D eigenvalue weighted by atomic mass is 10.1. The smallest absolute Gasteiger partial charge is 0.310 e. The molecule has 0 heterocycles. The number of ether oxygens (including phenoxy) is 1. The van der Waals surface area contributed by atoms with Crippen LogP contribution in [-0.4, -0.2) is 30.7 Å². The van der Waals surface area contributed by atoms with E-state index >= 15 is 0 Å². The third kappa shape index (κ3) is 4.22. The molecule has 0 aromatic rings. The molecule has 1 atom stereocenters. The first-order valence-corrected chi connectivity index (χ1v) is 4.04. The topological polar surface area (TPSA) is 46.5 Å². The van der Waals surface area contributed by atoms with Crippen LogP contribution in [-0.2, 0) is 9.53 Å². The maximum Gasteiger partial charge on any atom is 0.310 e. The number of aliphatic hydroxyl groups is 1. The zero-order valence-electron chi connectivity index (χ0n) is 6.55. The molecule has 0 aromatic carbocycles. The van der Waals surface area contributed by atoms with Crippen molar-refractivity contribution in [3.63, 3.8) is 0 Å². The molecule has 1 unspecified atom stereocenters. The number of carbonyl (C=O) groups excluding carboxylic acids is 1. The zero-order chi connectivity index (χ0) is 8.69. The van der Waals surface area contributed by atoms with Crippen LogP contribution in [0.3, 0.4) is 0 Å². The Labute approximate surface area is 71.3 Å². The largest absolute Gasteiger partial charge is 0.469 e. The first kappa shape index (κ1) is 10.7. The number of carbonyl (C=O) groups is 1. The van der Waals surface area contributed by atoms with Gasteiger partial charge in [-0.1, -0.05) is 0 Å². The number of aliphatic hydroxyl groups excluding tert-OH is 1. The molecule has 11 heavy (non-hydrogen) atoms. The first-order valence-electron chi connectivity index (χ1n) is 3.51. The summed E-state index contributed by atoms with van der Waals surface area (Å²) in [6, 6.07) is 0. The highest BCUT2D eigenvalue weighted by Crippen LogP contribution is 2.07. The van der Waals surface area contributed by atoms with Crippen molar-refractivity contribution in [3.8, 4) is 0 Å². The Morgan fingerprint density at radius 2 is 2.36 bits per heavy atom. The van der Waals surface area contributed by atoms with Crippen LogP contribution in [0.4, 0.5) is 0 Å². The van der Waals surface area contributed by atoms with Gasteiger partial charge in [0.25, 0.3) is 0 Å². The lowest BCUT2D eigenvalue weighted by Gasteiger charge is -2.09. The van der Waals surface area contributed by atoms with Crippen LogP contribution in [0, 0.1) is 5.92 Å². The molecule has 0 saturated carbocycles. The summed E-state index contributed by atoms with van der Waals surface area (Å²) in [7, 11) is 1.31. The monoisotopic (exact) mass is 180 g/mol. The lowest BCUT2D eigenvalue weighted by molar-refractivity contribution is -0.147. The number of hydrogen-bond donors (Lipinski definition) is 1. The summed E-state index contributed by atoms with van der Waals surface area (Å²) in [5.74, 6) is -0.260. The van der Waals surface area contributed by atoms with E-state index in [4.69, 9.17) is 16.7 Å². The fourth-order valence-corrected chi connectivity index (χ4v) is 0.928. The molecule has 4 heteroatoms. The molecule has 0 aliphatic carbocycles. The van der Waals surface area contributed by atoms with Gasteiger partial charge < -0.3 is 9.84 Å². The van der Waals surface area contributed by atoms with E-state index in [1.54, 1.807) is 0 Å². The van der Waals surface area contributed by atoms with Gasteiger partial charge in [-0.25, -0.2) is 0 Å². The Kier molecular flexibility index (Phi) is 6.27. The van der Waals surface area contributed by atoms with Crippen molar-refractivity contribution < 1.29 is 14.6 Å². The van der Waals surface area contributed by atoms with Crippen molar-refractivity contribution in [1.82, 2.24) is 0 Å². The number of rotatable bonds is 5. The van der Waals surface area contributed by atoms with Gasteiger partial charge in [-0.2, -0.15) is 0 Å². The van der Waals surface area contributed by atoms with Crippen molar-refractivity contribution in [2.45, 2.75) is 12.8 Å². The van der Waals surface area contributed by atoms with E-state index in [-0.39, 0.29) is 12.6 Å². The molecular formula is C7H13ClO3. The van der Waals surface area contributed by atoms with Crippen LogP contribution in [0.25, 0.3) is 0 Å².